The van der Waals surface area contributed by atoms with Crippen molar-refractivity contribution < 1.29 is 4.74 Å². The van der Waals surface area contributed by atoms with Gasteiger partial charge in [0.1, 0.15) is 12.3 Å². The first-order valence-electron chi connectivity index (χ1n) is 5.25. The van der Waals surface area contributed by atoms with Crippen LogP contribution in [0.2, 0.25) is 0 Å². The van der Waals surface area contributed by atoms with E-state index < -0.39 is 0 Å². The predicted octanol–water partition coefficient (Wildman–Crippen LogP) is 2.58. The maximum atomic E-state index is 8.73. The summed E-state index contributed by atoms with van der Waals surface area (Å²) in [6, 6.07) is 4.18. The summed E-state index contributed by atoms with van der Waals surface area (Å²) in [4.78, 5) is 1.97. The third-order valence-electron chi connectivity index (χ3n) is 2.92. The lowest BCUT2D eigenvalue weighted by Gasteiger charge is -2.23. The van der Waals surface area contributed by atoms with Crippen LogP contribution in [0.3, 0.4) is 0 Å². The first-order valence-corrected chi connectivity index (χ1v) is 5.25. The van der Waals surface area contributed by atoms with E-state index in [9.17, 15) is 0 Å². The lowest BCUT2D eigenvalue weighted by atomic mass is 10.0. The number of hydrogen-bond acceptors (Lipinski definition) is 3. The number of hydrogen-bond donors (Lipinski definition) is 0. The van der Waals surface area contributed by atoms with E-state index in [1.807, 2.05) is 31.9 Å². The Balaban J connectivity index is 3.31. The molecule has 0 saturated carbocycles. The van der Waals surface area contributed by atoms with Gasteiger partial charge in [0.05, 0.1) is 13.2 Å². The van der Waals surface area contributed by atoms with E-state index in [0.717, 1.165) is 22.6 Å². The molecule has 0 aliphatic carbocycles. The van der Waals surface area contributed by atoms with Gasteiger partial charge in [0, 0.05) is 12.7 Å². The number of ether oxygens (including phenoxy) is 1. The van der Waals surface area contributed by atoms with Crippen LogP contribution < -0.4 is 9.64 Å². The quantitative estimate of drug-likeness (QED) is 0.732. The molecule has 0 aliphatic heterocycles. The van der Waals surface area contributed by atoms with Gasteiger partial charge < -0.3 is 9.64 Å². The van der Waals surface area contributed by atoms with E-state index in [0.29, 0.717) is 6.54 Å². The maximum Gasteiger partial charge on any atom is 0.122 e. The lowest BCUT2D eigenvalue weighted by molar-refractivity contribution is 0.411. The van der Waals surface area contributed by atoms with Crippen molar-refractivity contribution in [1.82, 2.24) is 0 Å². The molecule has 0 saturated heterocycles. The zero-order chi connectivity index (χ0) is 12.3. The molecule has 0 N–H and O–H groups in total. The average Bonchev–Trinajstić information content (AvgIpc) is 2.24. The van der Waals surface area contributed by atoms with Gasteiger partial charge in [0.25, 0.3) is 0 Å². The number of rotatable bonds is 3. The molecular formula is C13H18N2O. The van der Waals surface area contributed by atoms with Crippen molar-refractivity contribution in [3.63, 3.8) is 0 Å². The number of aryl methyl sites for hydroxylation is 1. The van der Waals surface area contributed by atoms with Crippen LogP contribution in [0.4, 0.5) is 5.69 Å². The Morgan fingerprint density at radius 2 is 1.94 bits per heavy atom. The monoisotopic (exact) mass is 218 g/mol. The third-order valence-corrected chi connectivity index (χ3v) is 2.92. The summed E-state index contributed by atoms with van der Waals surface area (Å²) >= 11 is 0. The topological polar surface area (TPSA) is 36.3 Å². The van der Waals surface area contributed by atoms with Crippen LogP contribution in [-0.4, -0.2) is 20.7 Å². The molecule has 3 nitrogen and oxygen atoms in total. The van der Waals surface area contributed by atoms with Crippen LogP contribution in [0, 0.1) is 32.1 Å². The fourth-order valence-electron chi connectivity index (χ4n) is 2.02. The second kappa shape index (κ2) is 4.89. The zero-order valence-electron chi connectivity index (χ0n) is 10.6. The minimum Gasteiger partial charge on any atom is -0.496 e. The Labute approximate surface area is 97.3 Å². The molecule has 0 bridgehead atoms. The van der Waals surface area contributed by atoms with E-state index in [1.165, 1.54) is 5.56 Å². The standard InChI is InChI=1S/C13H18N2O/c1-9-8-12(16-5)10(2)11(3)13(9)15(4)7-6-14/h8H,7H2,1-5H3. The molecule has 0 atom stereocenters. The highest BCUT2D eigenvalue weighted by Crippen LogP contribution is 2.32. The van der Waals surface area contributed by atoms with E-state index in [1.54, 1.807) is 7.11 Å². The van der Waals surface area contributed by atoms with Crippen LogP contribution in [0.1, 0.15) is 16.7 Å². The van der Waals surface area contributed by atoms with Crippen LogP contribution >= 0.6 is 0 Å². The van der Waals surface area contributed by atoms with Crippen molar-refractivity contribution in [3.05, 3.63) is 22.8 Å². The Kier molecular flexibility index (Phi) is 3.78. The summed E-state index contributed by atoms with van der Waals surface area (Å²) < 4.78 is 5.32. The largest absolute Gasteiger partial charge is 0.496 e. The summed E-state index contributed by atoms with van der Waals surface area (Å²) in [5, 5.41) is 8.73. The van der Waals surface area contributed by atoms with Gasteiger partial charge in [0.15, 0.2) is 0 Å². The van der Waals surface area contributed by atoms with Gasteiger partial charge in [-0.25, -0.2) is 0 Å². The molecule has 1 rings (SSSR count). The van der Waals surface area contributed by atoms with E-state index in [4.69, 9.17) is 10.00 Å². The van der Waals surface area contributed by atoms with Crippen molar-refractivity contribution in [2.24, 2.45) is 0 Å². The first kappa shape index (κ1) is 12.4. The number of nitriles is 1. The molecule has 0 fully saturated rings. The van der Waals surface area contributed by atoms with Crippen molar-refractivity contribution >= 4 is 5.69 Å². The molecule has 1 aromatic rings. The predicted molar refractivity (Wildman–Crippen MR) is 66.1 cm³/mol. The number of benzene rings is 1. The SMILES string of the molecule is COc1cc(C)c(N(C)CC#N)c(C)c1C. The molecule has 0 spiro atoms. The average molecular weight is 218 g/mol. The van der Waals surface area contributed by atoms with Gasteiger partial charge in [-0.15, -0.1) is 0 Å². The number of methoxy groups -OCH3 is 1. The first-order chi connectivity index (χ1) is 7.52. The zero-order valence-corrected chi connectivity index (χ0v) is 10.6. The normalized spacial score (nSPS) is 9.75. The number of nitrogens with zero attached hydrogens (tertiary/aromatic N) is 2. The highest BCUT2D eigenvalue weighted by Gasteiger charge is 2.13. The van der Waals surface area contributed by atoms with Gasteiger partial charge in [-0.1, -0.05) is 0 Å². The third kappa shape index (κ3) is 2.11. The number of anilines is 1. The molecule has 0 radical (unpaired) electrons. The van der Waals surface area contributed by atoms with Crippen LogP contribution in [-0.2, 0) is 0 Å². The van der Waals surface area contributed by atoms with Crippen LogP contribution in [0.15, 0.2) is 6.07 Å². The molecule has 0 aliphatic rings. The molecule has 3 heteroatoms. The second-order valence-corrected chi connectivity index (χ2v) is 4.01. The van der Waals surface area contributed by atoms with Crippen molar-refractivity contribution in [3.8, 4) is 11.8 Å². The fraction of sp³-hybridized carbons (Fsp3) is 0.462. The lowest BCUT2D eigenvalue weighted by Crippen LogP contribution is -2.19. The van der Waals surface area contributed by atoms with E-state index in [-0.39, 0.29) is 0 Å². The molecule has 0 heterocycles. The smallest absolute Gasteiger partial charge is 0.122 e. The van der Waals surface area contributed by atoms with Gasteiger partial charge in [-0.05, 0) is 43.5 Å². The van der Waals surface area contributed by atoms with Gasteiger partial charge in [-0.3, -0.25) is 0 Å². The highest BCUT2D eigenvalue weighted by atomic mass is 16.5. The summed E-state index contributed by atoms with van der Waals surface area (Å²) in [5.74, 6) is 0.907. The molecule has 0 aromatic heterocycles. The Hall–Kier alpha value is -1.69. The molecule has 16 heavy (non-hydrogen) atoms. The molecule has 0 amide bonds. The van der Waals surface area contributed by atoms with E-state index >= 15 is 0 Å². The van der Waals surface area contributed by atoms with Gasteiger partial charge in [-0.2, -0.15) is 5.26 Å². The van der Waals surface area contributed by atoms with Crippen LogP contribution in [0.25, 0.3) is 0 Å². The second-order valence-electron chi connectivity index (χ2n) is 4.01. The Bertz CT molecular complexity index is 433. The molecular weight excluding hydrogens is 200 g/mol. The summed E-state index contributed by atoms with van der Waals surface area (Å²) in [7, 11) is 3.62. The Morgan fingerprint density at radius 1 is 1.31 bits per heavy atom. The molecule has 1 aromatic carbocycles. The van der Waals surface area contributed by atoms with Crippen molar-refractivity contribution in [1.29, 1.82) is 5.26 Å². The Morgan fingerprint density at radius 3 is 2.44 bits per heavy atom. The summed E-state index contributed by atoms with van der Waals surface area (Å²) in [6.45, 7) is 6.54. The minimum absolute atomic E-state index is 0.396. The fourth-order valence-corrected chi connectivity index (χ4v) is 2.02. The van der Waals surface area contributed by atoms with Crippen molar-refractivity contribution in [2.75, 3.05) is 25.6 Å². The molecule has 0 unspecified atom stereocenters. The summed E-state index contributed by atoms with van der Waals surface area (Å²) in [6.07, 6.45) is 0. The van der Waals surface area contributed by atoms with Gasteiger partial charge in [0.2, 0.25) is 0 Å². The maximum absolute atomic E-state index is 8.73. The molecule has 86 valence electrons. The van der Waals surface area contributed by atoms with E-state index in [2.05, 4.69) is 13.0 Å². The van der Waals surface area contributed by atoms with Crippen molar-refractivity contribution in [2.45, 2.75) is 20.8 Å². The minimum atomic E-state index is 0.396. The van der Waals surface area contributed by atoms with Crippen LogP contribution in [0.5, 0.6) is 5.75 Å². The summed E-state index contributed by atoms with van der Waals surface area (Å²) in [5.41, 5.74) is 4.57. The highest BCUT2D eigenvalue weighted by molar-refractivity contribution is 5.64. The van der Waals surface area contributed by atoms with Gasteiger partial charge >= 0.3 is 0 Å².